The summed E-state index contributed by atoms with van der Waals surface area (Å²) in [5.74, 6) is 0.847. The van der Waals surface area contributed by atoms with Crippen molar-refractivity contribution in [3.05, 3.63) is 0 Å². The third-order valence-electron chi connectivity index (χ3n) is 0.537. The highest BCUT2D eigenvalue weighted by Crippen LogP contribution is 2.04. The van der Waals surface area contributed by atoms with Gasteiger partial charge in [-0.1, -0.05) is 0 Å². The molecule has 0 aromatic carbocycles. The monoisotopic (exact) mass is 134 g/mol. The van der Waals surface area contributed by atoms with E-state index in [-0.39, 0.29) is 0 Å². The predicted octanol–water partition coefficient (Wildman–Crippen LogP) is -1.16. The van der Waals surface area contributed by atoms with Gasteiger partial charge in [0.15, 0.2) is 16.0 Å². The summed E-state index contributed by atoms with van der Waals surface area (Å²) in [5.41, 5.74) is 4.15. The molecule has 1 saturated heterocycles. The quantitative estimate of drug-likeness (QED) is 0.257. The summed E-state index contributed by atoms with van der Waals surface area (Å²) in [6, 6.07) is 0. The molecule has 8 heavy (non-hydrogen) atoms. The van der Waals surface area contributed by atoms with Crippen LogP contribution in [0.25, 0.3) is 0 Å². The average molecular weight is 134 g/mol. The average Bonchev–Trinajstić information content (AvgIpc) is 2.22. The van der Waals surface area contributed by atoms with Gasteiger partial charge in [-0.25, -0.2) is 8.42 Å². The van der Waals surface area contributed by atoms with E-state index in [2.05, 4.69) is 5.73 Å². The van der Waals surface area contributed by atoms with E-state index >= 15 is 0 Å². The van der Waals surface area contributed by atoms with Crippen LogP contribution in [0.15, 0.2) is 0 Å². The molecule has 2 N–H and O–H groups in total. The van der Waals surface area contributed by atoms with Crippen LogP contribution in [0, 0.1) is 11.5 Å². The number of hydrogen-bond acceptors (Lipinski definition) is 4. The molecule has 0 amide bonds. The highest BCUT2D eigenvalue weighted by atomic mass is 32.2. The summed E-state index contributed by atoms with van der Waals surface area (Å²) in [5, 5.41) is 7.10. The highest BCUT2D eigenvalue weighted by Gasteiger charge is 2.25. The molecule has 0 saturated carbocycles. The van der Waals surface area contributed by atoms with Crippen LogP contribution < -0.4 is 5.73 Å². The van der Waals surface area contributed by atoms with Gasteiger partial charge in [-0.05, 0) is 0 Å². The predicted molar refractivity (Wildman–Crippen MR) is 28.5 cm³/mol. The molecule has 1 rings (SSSR count). The van der Waals surface area contributed by atoms with E-state index in [0.717, 1.165) is 0 Å². The Bertz CT molecular complexity index is 178. The molecule has 0 atom stereocenters. The zero-order valence-corrected chi connectivity index (χ0v) is 4.98. The first-order chi connectivity index (χ1) is 3.62. The molecule has 1 aliphatic rings. The lowest BCUT2D eigenvalue weighted by molar-refractivity contribution is 0.615. The zero-order valence-electron chi connectivity index (χ0n) is 4.16. The minimum Gasteiger partial charge on any atom is -0.337 e. The largest absolute Gasteiger partial charge is 0.337 e. The van der Waals surface area contributed by atoms with Crippen LogP contribution in [0.4, 0.5) is 0 Å². The summed E-state index contributed by atoms with van der Waals surface area (Å²) in [4.78, 5) is 0. The van der Waals surface area contributed by atoms with E-state index in [0.29, 0.717) is 11.5 Å². The Morgan fingerprint density at radius 2 is 1.62 bits per heavy atom. The van der Waals surface area contributed by atoms with Crippen molar-refractivity contribution in [2.24, 2.45) is 5.73 Å². The molecule has 1 heterocycles. The number of nitrogens with zero attached hydrogens (tertiary/aromatic N) is 1. The Morgan fingerprint density at radius 3 is 1.62 bits per heavy atom. The van der Waals surface area contributed by atoms with E-state index in [4.69, 9.17) is 5.26 Å². The normalized spacial score (nSPS) is 19.4. The van der Waals surface area contributed by atoms with Gasteiger partial charge < -0.3 is 5.73 Å². The Labute approximate surface area is 47.8 Å². The molecule has 0 unspecified atom stereocenters. The van der Waals surface area contributed by atoms with Gasteiger partial charge in [0.2, 0.25) is 0 Å². The first-order valence-electron chi connectivity index (χ1n) is 1.92. The van der Waals surface area contributed by atoms with Gasteiger partial charge in [0.05, 0.1) is 11.5 Å². The molecule has 46 valence electrons. The molecule has 1 aliphatic heterocycles. The zero-order chi connectivity index (χ0) is 6.62. The minimum atomic E-state index is -2.42. The van der Waals surface area contributed by atoms with Crippen LogP contribution in [0.2, 0.25) is 0 Å². The SMILES string of the molecule is N#CN.O=S1(=O)CC1. The first kappa shape index (κ1) is 7.24. The van der Waals surface area contributed by atoms with Crippen LogP contribution in [-0.2, 0) is 9.84 Å². The summed E-state index contributed by atoms with van der Waals surface area (Å²) in [6.45, 7) is 0. The second-order valence-corrected chi connectivity index (χ2v) is 3.58. The van der Waals surface area contributed by atoms with E-state index in [1.165, 1.54) is 6.19 Å². The van der Waals surface area contributed by atoms with Gasteiger partial charge in [0, 0.05) is 0 Å². The fourth-order valence-corrected chi connectivity index (χ4v) is 0.612. The van der Waals surface area contributed by atoms with Crippen molar-refractivity contribution in [1.82, 2.24) is 0 Å². The van der Waals surface area contributed by atoms with Crippen LogP contribution in [0.5, 0.6) is 0 Å². The van der Waals surface area contributed by atoms with Crippen molar-refractivity contribution in [2.75, 3.05) is 11.5 Å². The first-order valence-corrected chi connectivity index (χ1v) is 3.74. The Balaban J connectivity index is 0.000000145. The molecule has 5 heteroatoms. The van der Waals surface area contributed by atoms with Crippen LogP contribution in [0.1, 0.15) is 0 Å². The molecule has 0 spiro atoms. The maximum absolute atomic E-state index is 9.74. The summed E-state index contributed by atoms with van der Waals surface area (Å²) in [7, 11) is -2.42. The molecule has 0 aromatic heterocycles. The maximum Gasteiger partial charge on any atom is 0.173 e. The highest BCUT2D eigenvalue weighted by molar-refractivity contribution is 7.98. The number of nitrogens with two attached hydrogens (primary N) is 1. The lowest BCUT2D eigenvalue weighted by Crippen LogP contribution is -1.69. The minimum absolute atomic E-state index is 0.424. The molecule has 0 aliphatic carbocycles. The maximum atomic E-state index is 9.74. The number of hydrogen-bond donors (Lipinski definition) is 1. The fourth-order valence-electron chi connectivity index (χ4n) is 0.0680. The van der Waals surface area contributed by atoms with Gasteiger partial charge in [0.1, 0.15) is 0 Å². The topological polar surface area (TPSA) is 83.9 Å². The van der Waals surface area contributed by atoms with Crippen LogP contribution in [-0.4, -0.2) is 19.9 Å². The number of sulfone groups is 1. The molecular weight excluding hydrogens is 128 g/mol. The molecule has 0 radical (unpaired) electrons. The van der Waals surface area contributed by atoms with E-state index in [1.54, 1.807) is 0 Å². The van der Waals surface area contributed by atoms with Gasteiger partial charge in [-0.15, -0.1) is 0 Å². The van der Waals surface area contributed by atoms with Crippen molar-refractivity contribution >= 4 is 9.84 Å². The third kappa shape index (κ3) is 5.24. The Hall–Kier alpha value is -0.760. The third-order valence-corrected chi connectivity index (χ3v) is 1.61. The molecule has 1 fully saturated rings. The summed E-state index contributed by atoms with van der Waals surface area (Å²) in [6.07, 6.45) is 1.25. The van der Waals surface area contributed by atoms with E-state index in [1.807, 2.05) is 0 Å². The molecular formula is C3H6N2O2S. The van der Waals surface area contributed by atoms with Crippen molar-refractivity contribution in [3.63, 3.8) is 0 Å². The molecule has 0 bridgehead atoms. The standard InChI is InChI=1S/C2H4O2S.CH2N2/c3-5(4)1-2-5;2-1-3/h1-2H2;2H2. The fraction of sp³-hybridized carbons (Fsp3) is 0.667. The lowest BCUT2D eigenvalue weighted by atomic mass is 11.0. The van der Waals surface area contributed by atoms with Gasteiger partial charge in [0.25, 0.3) is 0 Å². The molecule has 0 aromatic rings. The van der Waals surface area contributed by atoms with Crippen molar-refractivity contribution in [1.29, 1.82) is 5.26 Å². The van der Waals surface area contributed by atoms with Gasteiger partial charge in [-0.2, -0.15) is 5.26 Å². The van der Waals surface area contributed by atoms with E-state index in [9.17, 15) is 8.42 Å². The Morgan fingerprint density at radius 1 is 1.50 bits per heavy atom. The van der Waals surface area contributed by atoms with Crippen molar-refractivity contribution < 1.29 is 8.42 Å². The lowest BCUT2D eigenvalue weighted by Gasteiger charge is -1.46. The second-order valence-electron chi connectivity index (χ2n) is 1.28. The summed E-state index contributed by atoms with van der Waals surface area (Å²) >= 11 is 0. The van der Waals surface area contributed by atoms with Crippen molar-refractivity contribution in [2.45, 2.75) is 0 Å². The number of nitriles is 1. The Kier molecular flexibility index (Phi) is 2.28. The summed E-state index contributed by atoms with van der Waals surface area (Å²) < 4.78 is 19.5. The smallest absolute Gasteiger partial charge is 0.173 e. The molecule has 4 nitrogen and oxygen atoms in total. The second kappa shape index (κ2) is 2.52. The van der Waals surface area contributed by atoms with Crippen molar-refractivity contribution in [3.8, 4) is 6.19 Å². The number of rotatable bonds is 0. The van der Waals surface area contributed by atoms with Crippen LogP contribution in [0.3, 0.4) is 0 Å². The van der Waals surface area contributed by atoms with Gasteiger partial charge >= 0.3 is 0 Å². The van der Waals surface area contributed by atoms with Gasteiger partial charge in [-0.3, -0.25) is 0 Å². The van der Waals surface area contributed by atoms with E-state index < -0.39 is 9.84 Å². The van der Waals surface area contributed by atoms with Crippen LogP contribution >= 0.6 is 0 Å².